The van der Waals surface area contributed by atoms with Crippen LogP contribution in [-0.4, -0.2) is 6.54 Å². The lowest BCUT2D eigenvalue weighted by Gasteiger charge is -2.35. The zero-order valence-electron chi connectivity index (χ0n) is 10.9. The van der Waals surface area contributed by atoms with Crippen molar-refractivity contribution in [3.8, 4) is 0 Å². The summed E-state index contributed by atoms with van der Waals surface area (Å²) in [5.74, 6) is 0.172. The SMILES string of the molecule is CC1Cc2ccccc2N(c2cccc(F)c2N)C1. The van der Waals surface area contributed by atoms with E-state index in [4.69, 9.17) is 5.73 Å². The Morgan fingerprint density at radius 2 is 1.84 bits per heavy atom. The van der Waals surface area contributed by atoms with Gasteiger partial charge < -0.3 is 10.6 Å². The van der Waals surface area contributed by atoms with E-state index in [1.165, 1.54) is 11.6 Å². The number of nitrogens with two attached hydrogens (primary N) is 1. The highest BCUT2D eigenvalue weighted by molar-refractivity contribution is 5.77. The highest BCUT2D eigenvalue weighted by atomic mass is 19.1. The van der Waals surface area contributed by atoms with E-state index in [1.807, 2.05) is 18.2 Å². The Labute approximate surface area is 112 Å². The minimum atomic E-state index is -0.354. The molecule has 2 N–H and O–H groups in total. The fourth-order valence-electron chi connectivity index (χ4n) is 2.79. The zero-order chi connectivity index (χ0) is 13.4. The van der Waals surface area contributed by atoms with Crippen LogP contribution in [-0.2, 0) is 6.42 Å². The molecule has 3 heteroatoms. The molecule has 0 saturated carbocycles. The molecule has 0 spiro atoms. The van der Waals surface area contributed by atoms with Crippen molar-refractivity contribution in [3.63, 3.8) is 0 Å². The van der Waals surface area contributed by atoms with Crippen molar-refractivity contribution in [3.05, 3.63) is 53.8 Å². The van der Waals surface area contributed by atoms with Crippen molar-refractivity contribution in [2.24, 2.45) is 5.92 Å². The molecule has 0 amide bonds. The molecule has 1 aliphatic heterocycles. The summed E-state index contributed by atoms with van der Waals surface area (Å²) < 4.78 is 13.7. The molecule has 2 nitrogen and oxygen atoms in total. The average Bonchev–Trinajstić information content (AvgIpc) is 2.41. The number of rotatable bonds is 1. The van der Waals surface area contributed by atoms with E-state index in [0.717, 1.165) is 24.3 Å². The molecular formula is C16H17FN2. The number of halogens is 1. The summed E-state index contributed by atoms with van der Waals surface area (Å²) in [4.78, 5) is 2.13. The Morgan fingerprint density at radius 1 is 1.11 bits per heavy atom. The first-order chi connectivity index (χ1) is 9.16. The van der Waals surface area contributed by atoms with Crippen molar-refractivity contribution in [1.82, 2.24) is 0 Å². The molecule has 0 fully saturated rings. The van der Waals surface area contributed by atoms with Crippen molar-refractivity contribution in [2.45, 2.75) is 13.3 Å². The van der Waals surface area contributed by atoms with E-state index in [-0.39, 0.29) is 11.5 Å². The standard InChI is InChI=1S/C16H17FN2/c1-11-9-12-5-2-3-7-14(12)19(10-11)15-8-4-6-13(17)16(15)18/h2-8,11H,9-10,18H2,1H3. The van der Waals surface area contributed by atoms with Gasteiger partial charge in [0.2, 0.25) is 0 Å². The number of anilines is 3. The summed E-state index contributed by atoms with van der Waals surface area (Å²) in [6, 6.07) is 13.3. The summed E-state index contributed by atoms with van der Waals surface area (Å²) >= 11 is 0. The third kappa shape index (κ3) is 2.05. The van der Waals surface area contributed by atoms with Gasteiger partial charge in [-0.1, -0.05) is 31.2 Å². The molecule has 2 aromatic carbocycles. The van der Waals surface area contributed by atoms with Crippen LogP contribution in [0.25, 0.3) is 0 Å². The number of fused-ring (bicyclic) bond motifs is 1. The van der Waals surface area contributed by atoms with Gasteiger partial charge in [0, 0.05) is 12.2 Å². The van der Waals surface area contributed by atoms with Crippen LogP contribution < -0.4 is 10.6 Å². The number of hydrogen-bond donors (Lipinski definition) is 1. The van der Waals surface area contributed by atoms with Gasteiger partial charge in [0.05, 0.1) is 11.4 Å². The normalized spacial score (nSPS) is 18.2. The van der Waals surface area contributed by atoms with Crippen molar-refractivity contribution in [1.29, 1.82) is 0 Å². The molecule has 1 atom stereocenters. The number of benzene rings is 2. The smallest absolute Gasteiger partial charge is 0.148 e. The number of nitrogen functional groups attached to an aromatic ring is 1. The Kier molecular flexibility index (Phi) is 2.90. The van der Waals surface area contributed by atoms with Gasteiger partial charge in [-0.25, -0.2) is 4.39 Å². The first kappa shape index (κ1) is 12.0. The Hall–Kier alpha value is -2.03. The maximum Gasteiger partial charge on any atom is 0.148 e. The fourth-order valence-corrected chi connectivity index (χ4v) is 2.79. The van der Waals surface area contributed by atoms with E-state index in [1.54, 1.807) is 6.07 Å². The minimum Gasteiger partial charge on any atom is -0.395 e. The molecule has 0 aliphatic carbocycles. The van der Waals surface area contributed by atoms with Crippen LogP contribution in [0.1, 0.15) is 12.5 Å². The molecule has 19 heavy (non-hydrogen) atoms. The van der Waals surface area contributed by atoms with E-state index >= 15 is 0 Å². The largest absolute Gasteiger partial charge is 0.395 e. The van der Waals surface area contributed by atoms with E-state index < -0.39 is 0 Å². The summed E-state index contributed by atoms with van der Waals surface area (Å²) in [5, 5.41) is 0. The van der Waals surface area contributed by atoms with Crippen LogP contribution in [0, 0.1) is 11.7 Å². The van der Waals surface area contributed by atoms with Crippen LogP contribution in [0.3, 0.4) is 0 Å². The Bertz CT molecular complexity index is 609. The maximum atomic E-state index is 13.7. The lowest BCUT2D eigenvalue weighted by molar-refractivity contribution is 0.561. The highest BCUT2D eigenvalue weighted by Gasteiger charge is 2.24. The van der Waals surface area contributed by atoms with Crippen LogP contribution >= 0.6 is 0 Å². The first-order valence-electron chi connectivity index (χ1n) is 6.56. The molecule has 0 bridgehead atoms. The lowest BCUT2D eigenvalue weighted by atomic mass is 9.93. The molecule has 1 unspecified atom stereocenters. The molecule has 1 aliphatic rings. The summed E-state index contributed by atoms with van der Waals surface area (Å²) in [6.07, 6.45) is 1.06. The Balaban J connectivity index is 2.13. The second kappa shape index (κ2) is 4.57. The molecule has 3 rings (SSSR count). The van der Waals surface area contributed by atoms with E-state index in [0.29, 0.717) is 5.92 Å². The van der Waals surface area contributed by atoms with E-state index in [9.17, 15) is 4.39 Å². The van der Waals surface area contributed by atoms with Gasteiger partial charge in [-0.3, -0.25) is 0 Å². The number of hydrogen-bond acceptors (Lipinski definition) is 2. The number of para-hydroxylation sites is 2. The fraction of sp³-hybridized carbons (Fsp3) is 0.250. The second-order valence-electron chi connectivity index (χ2n) is 5.22. The highest BCUT2D eigenvalue weighted by Crippen LogP contribution is 2.38. The van der Waals surface area contributed by atoms with Gasteiger partial charge in [-0.05, 0) is 36.1 Å². The summed E-state index contributed by atoms with van der Waals surface area (Å²) in [6.45, 7) is 3.07. The quantitative estimate of drug-likeness (QED) is 0.788. The first-order valence-corrected chi connectivity index (χ1v) is 6.56. The van der Waals surface area contributed by atoms with E-state index in [2.05, 4.69) is 24.0 Å². The third-order valence-electron chi connectivity index (χ3n) is 3.67. The molecule has 98 valence electrons. The third-order valence-corrected chi connectivity index (χ3v) is 3.67. The maximum absolute atomic E-state index is 13.7. The van der Waals surface area contributed by atoms with Crippen molar-refractivity contribution in [2.75, 3.05) is 17.2 Å². The zero-order valence-corrected chi connectivity index (χ0v) is 10.9. The van der Waals surface area contributed by atoms with Gasteiger partial charge in [-0.15, -0.1) is 0 Å². The van der Waals surface area contributed by atoms with Gasteiger partial charge in [-0.2, -0.15) is 0 Å². The predicted molar refractivity (Wildman–Crippen MR) is 77.1 cm³/mol. The van der Waals surface area contributed by atoms with Crippen LogP contribution in [0.5, 0.6) is 0 Å². The van der Waals surface area contributed by atoms with Crippen molar-refractivity contribution >= 4 is 17.1 Å². The molecule has 0 aromatic heterocycles. The van der Waals surface area contributed by atoms with Crippen LogP contribution in [0.15, 0.2) is 42.5 Å². The molecular weight excluding hydrogens is 239 g/mol. The monoisotopic (exact) mass is 256 g/mol. The van der Waals surface area contributed by atoms with Gasteiger partial charge >= 0.3 is 0 Å². The molecule has 1 heterocycles. The summed E-state index contributed by atoms with van der Waals surface area (Å²) in [5.41, 5.74) is 9.32. The minimum absolute atomic E-state index is 0.228. The summed E-state index contributed by atoms with van der Waals surface area (Å²) in [7, 11) is 0. The van der Waals surface area contributed by atoms with Crippen molar-refractivity contribution < 1.29 is 4.39 Å². The van der Waals surface area contributed by atoms with Crippen LogP contribution in [0.2, 0.25) is 0 Å². The molecule has 0 radical (unpaired) electrons. The predicted octanol–water partition coefficient (Wildman–Crippen LogP) is 3.74. The average molecular weight is 256 g/mol. The van der Waals surface area contributed by atoms with Gasteiger partial charge in [0.25, 0.3) is 0 Å². The Morgan fingerprint density at radius 3 is 2.68 bits per heavy atom. The van der Waals surface area contributed by atoms with Crippen LogP contribution in [0.4, 0.5) is 21.5 Å². The number of nitrogens with zero attached hydrogens (tertiary/aromatic N) is 1. The topological polar surface area (TPSA) is 29.3 Å². The second-order valence-corrected chi connectivity index (χ2v) is 5.22. The van der Waals surface area contributed by atoms with Gasteiger partial charge in [0.1, 0.15) is 5.82 Å². The van der Waals surface area contributed by atoms with Gasteiger partial charge in [0.15, 0.2) is 0 Å². The lowest BCUT2D eigenvalue weighted by Crippen LogP contribution is -2.31. The molecule has 2 aromatic rings. The molecule has 0 saturated heterocycles.